The fraction of sp³-hybridized carbons (Fsp3) is 0.625. The Labute approximate surface area is 118 Å². The quantitative estimate of drug-likeness (QED) is 0.612. The Morgan fingerprint density at radius 2 is 2.20 bits per heavy atom. The molecule has 0 radical (unpaired) electrons. The molecule has 2 saturated carbocycles. The maximum absolute atomic E-state index is 13.5. The highest BCUT2D eigenvalue weighted by Gasteiger charge is 2.62. The summed E-state index contributed by atoms with van der Waals surface area (Å²) in [6.45, 7) is 6.70. The van der Waals surface area contributed by atoms with Gasteiger partial charge in [-0.1, -0.05) is 20.8 Å². The summed E-state index contributed by atoms with van der Waals surface area (Å²) in [5.41, 5.74) is 0.0916. The van der Waals surface area contributed by atoms with Gasteiger partial charge >= 0.3 is 5.97 Å². The number of hydrogen-bond acceptors (Lipinski definition) is 3. The summed E-state index contributed by atoms with van der Waals surface area (Å²) in [5.74, 6) is -0.765. The smallest absolute Gasteiger partial charge is 0.343 e. The number of halogens is 1. The van der Waals surface area contributed by atoms with Crippen molar-refractivity contribution in [1.29, 1.82) is 0 Å². The molecule has 3 unspecified atom stereocenters. The molecule has 0 spiro atoms. The lowest BCUT2D eigenvalue weighted by Crippen LogP contribution is -2.38. The number of rotatable bonds is 2. The van der Waals surface area contributed by atoms with Crippen LogP contribution in [0.25, 0.3) is 0 Å². The number of ether oxygens (including phenoxy) is 1. The number of carbonyl (C=O) groups excluding carboxylic acids is 1. The molecule has 2 aliphatic rings. The lowest BCUT2D eigenvalue weighted by Gasteiger charge is -2.38. The second-order valence-corrected chi connectivity index (χ2v) is 6.85. The Hall–Kier alpha value is -1.45. The summed E-state index contributed by atoms with van der Waals surface area (Å²) in [6, 6.07) is 2.97. The molecule has 0 saturated heterocycles. The van der Waals surface area contributed by atoms with E-state index in [2.05, 4.69) is 25.8 Å². The second kappa shape index (κ2) is 4.27. The maximum atomic E-state index is 13.5. The van der Waals surface area contributed by atoms with Gasteiger partial charge in [0.25, 0.3) is 0 Å². The van der Waals surface area contributed by atoms with Crippen LogP contribution >= 0.6 is 0 Å². The van der Waals surface area contributed by atoms with Crippen molar-refractivity contribution in [2.75, 3.05) is 0 Å². The Kier molecular flexibility index (Phi) is 2.89. The van der Waals surface area contributed by atoms with Gasteiger partial charge in [-0.3, -0.25) is 0 Å². The summed E-state index contributed by atoms with van der Waals surface area (Å²) in [5, 5.41) is 0. The van der Waals surface area contributed by atoms with Gasteiger partial charge in [-0.25, -0.2) is 9.78 Å². The van der Waals surface area contributed by atoms with E-state index in [4.69, 9.17) is 4.74 Å². The van der Waals surface area contributed by atoms with Gasteiger partial charge in [-0.15, -0.1) is 0 Å². The molecule has 108 valence electrons. The number of carbonyl (C=O) groups is 1. The highest BCUT2D eigenvalue weighted by Crippen LogP contribution is 2.66. The van der Waals surface area contributed by atoms with Crippen molar-refractivity contribution in [1.82, 2.24) is 4.98 Å². The van der Waals surface area contributed by atoms with Crippen LogP contribution < -0.4 is 0 Å². The second-order valence-electron chi connectivity index (χ2n) is 6.85. The van der Waals surface area contributed by atoms with Crippen molar-refractivity contribution in [3.05, 3.63) is 29.8 Å². The van der Waals surface area contributed by atoms with Crippen LogP contribution in [-0.2, 0) is 4.74 Å². The molecule has 4 heteroatoms. The third kappa shape index (κ3) is 1.70. The molecule has 2 bridgehead atoms. The van der Waals surface area contributed by atoms with Crippen LogP contribution in [0.15, 0.2) is 18.3 Å². The maximum Gasteiger partial charge on any atom is 0.343 e. The van der Waals surface area contributed by atoms with Crippen LogP contribution in [-0.4, -0.2) is 17.1 Å². The van der Waals surface area contributed by atoms with Gasteiger partial charge in [-0.2, -0.15) is 4.39 Å². The van der Waals surface area contributed by atoms with E-state index in [1.54, 1.807) is 6.07 Å². The number of pyridine rings is 1. The average Bonchev–Trinajstić information content (AvgIpc) is 2.72. The van der Waals surface area contributed by atoms with Crippen LogP contribution in [0.3, 0.4) is 0 Å². The topological polar surface area (TPSA) is 39.2 Å². The molecule has 3 rings (SSSR count). The van der Waals surface area contributed by atoms with Crippen molar-refractivity contribution < 1.29 is 13.9 Å². The van der Waals surface area contributed by atoms with Crippen molar-refractivity contribution in [3.8, 4) is 0 Å². The minimum Gasteiger partial charge on any atom is -0.458 e. The minimum absolute atomic E-state index is 0.00792. The molecule has 1 aromatic heterocycles. The van der Waals surface area contributed by atoms with Gasteiger partial charge in [0.05, 0.1) is 0 Å². The fourth-order valence-corrected chi connectivity index (χ4v) is 4.04. The number of hydrogen-bond donors (Lipinski definition) is 0. The van der Waals surface area contributed by atoms with E-state index in [0.29, 0.717) is 5.92 Å². The molecule has 2 fully saturated rings. The SMILES string of the molecule is CC1(C)C2CCC1(C)C(OC(=O)c1cccnc1F)C2. The first-order valence-corrected chi connectivity index (χ1v) is 7.18. The first-order valence-electron chi connectivity index (χ1n) is 7.18. The van der Waals surface area contributed by atoms with E-state index in [1.165, 1.54) is 18.7 Å². The van der Waals surface area contributed by atoms with E-state index >= 15 is 0 Å². The van der Waals surface area contributed by atoms with E-state index in [0.717, 1.165) is 12.8 Å². The van der Waals surface area contributed by atoms with E-state index in [-0.39, 0.29) is 22.5 Å². The number of aromatic nitrogens is 1. The van der Waals surface area contributed by atoms with Crippen LogP contribution in [0.4, 0.5) is 4.39 Å². The molecule has 20 heavy (non-hydrogen) atoms. The van der Waals surface area contributed by atoms with Crippen molar-refractivity contribution in [2.24, 2.45) is 16.7 Å². The molecule has 0 aromatic carbocycles. The molecule has 2 aliphatic carbocycles. The lowest BCUT2D eigenvalue weighted by molar-refractivity contribution is -0.0246. The highest BCUT2D eigenvalue weighted by molar-refractivity contribution is 5.89. The van der Waals surface area contributed by atoms with E-state index < -0.39 is 11.9 Å². The lowest BCUT2D eigenvalue weighted by atomic mass is 9.70. The summed E-state index contributed by atoms with van der Waals surface area (Å²) in [7, 11) is 0. The van der Waals surface area contributed by atoms with Crippen molar-refractivity contribution in [2.45, 2.75) is 46.1 Å². The third-order valence-corrected chi connectivity index (χ3v) is 5.94. The van der Waals surface area contributed by atoms with Crippen LogP contribution in [0.2, 0.25) is 0 Å². The summed E-state index contributed by atoms with van der Waals surface area (Å²) < 4.78 is 19.2. The molecule has 0 N–H and O–H groups in total. The normalized spacial score (nSPS) is 34.2. The fourth-order valence-electron chi connectivity index (χ4n) is 4.04. The minimum atomic E-state index is -0.759. The zero-order valence-electron chi connectivity index (χ0n) is 12.1. The van der Waals surface area contributed by atoms with E-state index in [9.17, 15) is 9.18 Å². The highest BCUT2D eigenvalue weighted by atomic mass is 19.1. The largest absolute Gasteiger partial charge is 0.458 e. The summed E-state index contributed by atoms with van der Waals surface area (Å²) in [6.07, 6.45) is 4.35. The van der Waals surface area contributed by atoms with Gasteiger partial charge in [0.2, 0.25) is 5.95 Å². The first-order chi connectivity index (χ1) is 9.36. The van der Waals surface area contributed by atoms with Gasteiger partial charge in [0.15, 0.2) is 0 Å². The standard InChI is InChI=1S/C16H20FNO2/c1-15(2)10-6-7-16(15,3)12(9-10)20-14(19)11-5-4-8-18-13(11)17/h4-5,8,10,12H,6-7,9H2,1-3H3. The van der Waals surface area contributed by atoms with Crippen LogP contribution in [0.5, 0.6) is 0 Å². The van der Waals surface area contributed by atoms with Gasteiger partial charge in [-0.05, 0) is 42.7 Å². The predicted molar refractivity (Wildman–Crippen MR) is 72.6 cm³/mol. The molecule has 1 heterocycles. The Morgan fingerprint density at radius 1 is 1.45 bits per heavy atom. The Bertz CT molecular complexity index is 557. The molecule has 3 nitrogen and oxygen atoms in total. The number of fused-ring (bicyclic) bond motifs is 2. The van der Waals surface area contributed by atoms with Gasteiger partial charge in [0, 0.05) is 11.6 Å². The average molecular weight is 277 g/mol. The zero-order chi connectivity index (χ0) is 14.5. The molecular weight excluding hydrogens is 257 g/mol. The first kappa shape index (κ1) is 13.5. The summed E-state index contributed by atoms with van der Waals surface area (Å²) >= 11 is 0. The van der Waals surface area contributed by atoms with E-state index in [1.807, 2.05) is 0 Å². The molecule has 0 aliphatic heterocycles. The van der Waals surface area contributed by atoms with Crippen LogP contribution in [0, 0.1) is 22.7 Å². The van der Waals surface area contributed by atoms with Gasteiger partial charge in [0.1, 0.15) is 11.7 Å². The van der Waals surface area contributed by atoms with Crippen molar-refractivity contribution in [3.63, 3.8) is 0 Å². The molecular formula is C16H20FNO2. The molecule has 1 aromatic rings. The Balaban J connectivity index is 1.81. The Morgan fingerprint density at radius 3 is 2.75 bits per heavy atom. The molecule has 3 atom stereocenters. The third-order valence-electron chi connectivity index (χ3n) is 5.94. The monoisotopic (exact) mass is 277 g/mol. The van der Waals surface area contributed by atoms with Crippen molar-refractivity contribution >= 4 is 5.97 Å². The molecule has 0 amide bonds. The predicted octanol–water partition coefficient (Wildman–Crippen LogP) is 3.59. The zero-order valence-corrected chi connectivity index (χ0v) is 12.1. The van der Waals surface area contributed by atoms with Gasteiger partial charge < -0.3 is 4.74 Å². The van der Waals surface area contributed by atoms with Crippen LogP contribution in [0.1, 0.15) is 50.4 Å². The number of nitrogens with zero attached hydrogens (tertiary/aromatic N) is 1. The summed E-state index contributed by atoms with van der Waals surface area (Å²) in [4.78, 5) is 15.6. The number of esters is 1.